The number of nitrogens with two attached hydrogens (primary N) is 1. The molecule has 0 aromatic heterocycles. The van der Waals surface area contributed by atoms with E-state index < -0.39 is 0 Å². The number of benzene rings is 1. The van der Waals surface area contributed by atoms with Gasteiger partial charge < -0.3 is 15.4 Å². The third-order valence-corrected chi connectivity index (χ3v) is 3.99. The summed E-state index contributed by atoms with van der Waals surface area (Å²) >= 11 is 0. The van der Waals surface area contributed by atoms with Crippen molar-refractivity contribution in [2.75, 3.05) is 26.7 Å². The SMILES string of the molecule is COc1ccc(CCCN=C(N)N2CCCCCC2)cc1. The quantitative estimate of drug-likeness (QED) is 0.515. The zero-order chi connectivity index (χ0) is 14.9. The Labute approximate surface area is 128 Å². The van der Waals surface area contributed by atoms with Gasteiger partial charge in [0.1, 0.15) is 5.75 Å². The molecule has 0 radical (unpaired) electrons. The fourth-order valence-corrected chi connectivity index (χ4v) is 2.67. The second kappa shape index (κ2) is 8.55. The van der Waals surface area contributed by atoms with Crippen molar-refractivity contribution in [2.45, 2.75) is 38.5 Å². The van der Waals surface area contributed by atoms with Crippen LogP contribution in [0.15, 0.2) is 29.3 Å². The van der Waals surface area contributed by atoms with Gasteiger partial charge in [0.25, 0.3) is 0 Å². The summed E-state index contributed by atoms with van der Waals surface area (Å²) in [6, 6.07) is 8.23. The Morgan fingerprint density at radius 1 is 1.14 bits per heavy atom. The molecule has 1 aliphatic rings. The average molecular weight is 289 g/mol. The van der Waals surface area contributed by atoms with Crippen molar-refractivity contribution in [1.82, 2.24) is 4.90 Å². The lowest BCUT2D eigenvalue weighted by Gasteiger charge is -2.21. The van der Waals surface area contributed by atoms with Crippen LogP contribution >= 0.6 is 0 Å². The minimum atomic E-state index is 0.728. The van der Waals surface area contributed by atoms with Crippen LogP contribution in [-0.2, 0) is 6.42 Å². The molecule has 4 nitrogen and oxygen atoms in total. The molecule has 0 saturated carbocycles. The number of rotatable bonds is 5. The minimum Gasteiger partial charge on any atom is -0.497 e. The molecule has 0 spiro atoms. The van der Waals surface area contributed by atoms with E-state index in [9.17, 15) is 0 Å². The second-order valence-electron chi connectivity index (χ2n) is 5.59. The number of hydrogen-bond acceptors (Lipinski definition) is 2. The lowest BCUT2D eigenvalue weighted by Crippen LogP contribution is -2.38. The molecule has 0 amide bonds. The monoisotopic (exact) mass is 289 g/mol. The fourth-order valence-electron chi connectivity index (χ4n) is 2.67. The number of ether oxygens (including phenoxy) is 1. The van der Waals surface area contributed by atoms with E-state index in [1.54, 1.807) is 7.11 Å². The Hall–Kier alpha value is -1.71. The summed E-state index contributed by atoms with van der Waals surface area (Å²) in [6.07, 6.45) is 7.17. The van der Waals surface area contributed by atoms with Crippen molar-refractivity contribution in [2.24, 2.45) is 10.7 Å². The number of methoxy groups -OCH3 is 1. The minimum absolute atomic E-state index is 0.728. The molecule has 1 heterocycles. The van der Waals surface area contributed by atoms with Gasteiger partial charge >= 0.3 is 0 Å². The van der Waals surface area contributed by atoms with Crippen molar-refractivity contribution >= 4 is 5.96 Å². The van der Waals surface area contributed by atoms with Crippen LogP contribution in [0.1, 0.15) is 37.7 Å². The largest absolute Gasteiger partial charge is 0.497 e. The maximum Gasteiger partial charge on any atom is 0.191 e. The molecular weight excluding hydrogens is 262 g/mol. The van der Waals surface area contributed by atoms with Gasteiger partial charge in [-0.05, 0) is 43.4 Å². The highest BCUT2D eigenvalue weighted by Gasteiger charge is 2.10. The fraction of sp³-hybridized carbons (Fsp3) is 0.588. The van der Waals surface area contributed by atoms with Gasteiger partial charge in [-0.1, -0.05) is 25.0 Å². The van der Waals surface area contributed by atoms with E-state index in [1.807, 2.05) is 12.1 Å². The van der Waals surface area contributed by atoms with Crippen LogP contribution in [0, 0.1) is 0 Å². The normalized spacial score (nSPS) is 16.6. The highest BCUT2D eigenvalue weighted by molar-refractivity contribution is 5.78. The molecule has 0 bridgehead atoms. The van der Waals surface area contributed by atoms with Crippen LogP contribution in [0.2, 0.25) is 0 Å². The van der Waals surface area contributed by atoms with E-state index in [-0.39, 0.29) is 0 Å². The second-order valence-corrected chi connectivity index (χ2v) is 5.59. The van der Waals surface area contributed by atoms with Gasteiger partial charge in [-0.2, -0.15) is 0 Å². The van der Waals surface area contributed by atoms with Gasteiger partial charge in [0.05, 0.1) is 7.11 Å². The van der Waals surface area contributed by atoms with Crippen LogP contribution in [0.25, 0.3) is 0 Å². The number of nitrogens with zero attached hydrogens (tertiary/aromatic N) is 2. The lowest BCUT2D eigenvalue weighted by atomic mass is 10.1. The summed E-state index contributed by atoms with van der Waals surface area (Å²) in [4.78, 5) is 6.77. The first kappa shape index (κ1) is 15.7. The molecule has 1 fully saturated rings. The predicted molar refractivity (Wildman–Crippen MR) is 87.8 cm³/mol. The Morgan fingerprint density at radius 3 is 2.43 bits per heavy atom. The van der Waals surface area contributed by atoms with Crippen LogP contribution in [0.5, 0.6) is 5.75 Å². The molecule has 1 aliphatic heterocycles. The maximum atomic E-state index is 6.09. The topological polar surface area (TPSA) is 50.9 Å². The first-order valence-electron chi connectivity index (χ1n) is 7.97. The Morgan fingerprint density at radius 2 is 1.81 bits per heavy atom. The Kier molecular flexibility index (Phi) is 6.38. The molecule has 4 heteroatoms. The molecule has 2 rings (SSSR count). The van der Waals surface area contributed by atoms with E-state index in [0.717, 1.165) is 44.2 Å². The zero-order valence-electron chi connectivity index (χ0n) is 13.1. The lowest BCUT2D eigenvalue weighted by molar-refractivity contribution is 0.414. The maximum absolute atomic E-state index is 6.09. The Bertz CT molecular complexity index is 434. The van der Waals surface area contributed by atoms with Crippen molar-refractivity contribution in [1.29, 1.82) is 0 Å². The van der Waals surface area contributed by atoms with E-state index in [4.69, 9.17) is 10.5 Å². The molecule has 0 aliphatic carbocycles. The zero-order valence-corrected chi connectivity index (χ0v) is 13.1. The van der Waals surface area contributed by atoms with Crippen molar-refractivity contribution < 1.29 is 4.74 Å². The highest BCUT2D eigenvalue weighted by atomic mass is 16.5. The van der Waals surface area contributed by atoms with Crippen LogP contribution in [0.3, 0.4) is 0 Å². The molecule has 0 atom stereocenters. The first-order chi connectivity index (χ1) is 10.3. The number of aryl methyl sites for hydroxylation is 1. The molecule has 0 unspecified atom stereocenters. The molecule has 21 heavy (non-hydrogen) atoms. The van der Waals surface area contributed by atoms with Gasteiger partial charge in [0, 0.05) is 19.6 Å². The van der Waals surface area contributed by atoms with Crippen molar-refractivity contribution in [3.8, 4) is 5.75 Å². The number of hydrogen-bond donors (Lipinski definition) is 1. The van der Waals surface area contributed by atoms with Crippen molar-refractivity contribution in [3.05, 3.63) is 29.8 Å². The van der Waals surface area contributed by atoms with E-state index in [2.05, 4.69) is 22.0 Å². The van der Waals surface area contributed by atoms with Gasteiger partial charge in [-0.15, -0.1) is 0 Å². The van der Waals surface area contributed by atoms with Gasteiger partial charge in [-0.25, -0.2) is 0 Å². The van der Waals surface area contributed by atoms with Crippen LogP contribution in [0.4, 0.5) is 0 Å². The Balaban J connectivity index is 1.73. The smallest absolute Gasteiger partial charge is 0.191 e. The van der Waals surface area contributed by atoms with E-state index >= 15 is 0 Å². The standard InChI is InChI=1S/C17H27N3O/c1-21-16-10-8-15(9-11-16)7-6-12-19-17(18)20-13-4-2-3-5-14-20/h8-11H,2-7,12-14H2,1H3,(H2,18,19). The van der Waals surface area contributed by atoms with Gasteiger partial charge in [0.15, 0.2) is 5.96 Å². The molecule has 1 aromatic rings. The summed E-state index contributed by atoms with van der Waals surface area (Å²) in [5, 5.41) is 0. The molecule has 1 saturated heterocycles. The number of guanidine groups is 1. The summed E-state index contributed by atoms with van der Waals surface area (Å²) in [5.41, 5.74) is 7.41. The predicted octanol–water partition coefficient (Wildman–Crippen LogP) is 2.82. The van der Waals surface area contributed by atoms with Gasteiger partial charge in [0.2, 0.25) is 0 Å². The van der Waals surface area contributed by atoms with Crippen LogP contribution in [-0.4, -0.2) is 37.6 Å². The number of likely N-dealkylation sites (tertiary alicyclic amines) is 1. The van der Waals surface area contributed by atoms with E-state index in [1.165, 1.54) is 31.2 Å². The van der Waals surface area contributed by atoms with Gasteiger partial charge in [-0.3, -0.25) is 4.99 Å². The van der Waals surface area contributed by atoms with Crippen LogP contribution < -0.4 is 10.5 Å². The molecule has 1 aromatic carbocycles. The van der Waals surface area contributed by atoms with E-state index in [0.29, 0.717) is 0 Å². The first-order valence-corrected chi connectivity index (χ1v) is 7.97. The summed E-state index contributed by atoms with van der Waals surface area (Å²) in [5.74, 6) is 1.63. The molecule has 116 valence electrons. The summed E-state index contributed by atoms with van der Waals surface area (Å²) < 4.78 is 5.16. The summed E-state index contributed by atoms with van der Waals surface area (Å²) in [6.45, 7) is 2.93. The highest BCUT2D eigenvalue weighted by Crippen LogP contribution is 2.13. The summed E-state index contributed by atoms with van der Waals surface area (Å²) in [7, 11) is 1.69. The van der Waals surface area contributed by atoms with Crippen molar-refractivity contribution in [3.63, 3.8) is 0 Å². The molecule has 2 N–H and O–H groups in total. The molecular formula is C17H27N3O. The third kappa shape index (κ3) is 5.29. The number of aliphatic imine (C=N–C) groups is 1. The third-order valence-electron chi connectivity index (χ3n) is 3.99. The average Bonchev–Trinajstić information content (AvgIpc) is 2.81.